The summed E-state index contributed by atoms with van der Waals surface area (Å²) in [6.07, 6.45) is -5.64. The van der Waals surface area contributed by atoms with Crippen molar-refractivity contribution in [2.24, 2.45) is 0 Å². The summed E-state index contributed by atoms with van der Waals surface area (Å²) in [7, 11) is 3.28. The van der Waals surface area contributed by atoms with Gasteiger partial charge in [-0.1, -0.05) is 11.6 Å². The summed E-state index contributed by atoms with van der Waals surface area (Å²) in [6, 6.07) is 2.34. The molecule has 0 amide bonds. The Morgan fingerprint density at radius 1 is 1.09 bits per heavy atom. The molecule has 3 fully saturated rings. The maximum absolute atomic E-state index is 11.6. The van der Waals surface area contributed by atoms with Gasteiger partial charge in [0.1, 0.15) is 23.9 Å². The fourth-order valence-electron chi connectivity index (χ4n) is 5.07. The van der Waals surface area contributed by atoms with E-state index in [2.05, 4.69) is 16.0 Å². The van der Waals surface area contributed by atoms with Crippen LogP contribution in [0.15, 0.2) is 12.1 Å². The van der Waals surface area contributed by atoms with Crippen LogP contribution < -0.4 is 16.0 Å². The molecule has 1 saturated carbocycles. The molecule has 0 radical (unpaired) electrons. The Kier molecular flexibility index (Phi) is 7.20. The molecular weight excluding hydrogens is 462 g/mol. The van der Waals surface area contributed by atoms with Gasteiger partial charge in [0.25, 0.3) is 0 Å². The number of halogens is 1. The van der Waals surface area contributed by atoms with E-state index < -0.39 is 60.3 Å². The number of aliphatic hydroxyl groups is 4. The maximum atomic E-state index is 11.6. The topological polar surface area (TPSA) is 145 Å². The molecule has 32 heavy (non-hydrogen) atoms. The van der Waals surface area contributed by atoms with Crippen LogP contribution in [0.5, 0.6) is 0 Å². The second-order valence-electron chi connectivity index (χ2n) is 8.81. The van der Waals surface area contributed by atoms with Gasteiger partial charge in [0.05, 0.1) is 28.6 Å². The number of hydrogen-bond donors (Lipinski definition) is 7. The lowest BCUT2D eigenvalue weighted by Gasteiger charge is -2.60. The normalized spacial score (nSPS) is 46.5. The van der Waals surface area contributed by atoms with E-state index in [4.69, 9.17) is 25.8 Å². The highest BCUT2D eigenvalue weighted by atomic mass is 35.5. The Balaban J connectivity index is 1.57. The van der Waals surface area contributed by atoms with E-state index >= 15 is 0 Å². The van der Waals surface area contributed by atoms with Crippen molar-refractivity contribution >= 4 is 22.9 Å². The summed E-state index contributed by atoms with van der Waals surface area (Å²) < 4.78 is 18.6. The third-order valence-corrected chi connectivity index (χ3v) is 7.93. The average Bonchev–Trinajstić information content (AvgIpc) is 3.14. The minimum Gasteiger partial charge on any atom is -0.390 e. The van der Waals surface area contributed by atoms with Gasteiger partial charge in [-0.05, 0) is 33.2 Å². The SMILES string of the molecule is CNC1C(O)C(NC)C2OC3(O)C(OC(C)CC3(O)CNCc3ccc(Cl)s3)OC2C1O. The Hall–Kier alpha value is -0.410. The summed E-state index contributed by atoms with van der Waals surface area (Å²) in [5, 5.41) is 53.8. The molecule has 1 aromatic rings. The molecule has 4 rings (SSSR count). The van der Waals surface area contributed by atoms with Crippen LogP contribution in [0.3, 0.4) is 0 Å². The van der Waals surface area contributed by atoms with Crippen LogP contribution in [0.2, 0.25) is 4.34 Å². The van der Waals surface area contributed by atoms with Crippen LogP contribution in [0, 0.1) is 0 Å². The second kappa shape index (κ2) is 9.33. The van der Waals surface area contributed by atoms with Gasteiger partial charge >= 0.3 is 0 Å². The van der Waals surface area contributed by atoms with Crippen molar-refractivity contribution in [3.8, 4) is 0 Å². The monoisotopic (exact) mass is 493 g/mol. The first kappa shape index (κ1) is 24.7. The van der Waals surface area contributed by atoms with Gasteiger partial charge in [-0.15, -0.1) is 11.3 Å². The first-order chi connectivity index (χ1) is 15.1. The van der Waals surface area contributed by atoms with E-state index in [1.165, 1.54) is 11.3 Å². The minimum atomic E-state index is -2.22. The molecule has 7 N–H and O–H groups in total. The largest absolute Gasteiger partial charge is 0.390 e. The highest BCUT2D eigenvalue weighted by Crippen LogP contribution is 2.46. The molecule has 2 saturated heterocycles. The molecule has 10 nitrogen and oxygen atoms in total. The van der Waals surface area contributed by atoms with Crippen LogP contribution in [0.1, 0.15) is 18.2 Å². The number of nitrogens with one attached hydrogen (secondary N) is 3. The Morgan fingerprint density at radius 3 is 2.44 bits per heavy atom. The zero-order valence-electron chi connectivity index (χ0n) is 18.2. The molecule has 1 aliphatic carbocycles. The molecule has 0 aromatic carbocycles. The molecule has 2 aliphatic heterocycles. The van der Waals surface area contributed by atoms with Crippen molar-refractivity contribution in [3.63, 3.8) is 0 Å². The highest BCUT2D eigenvalue weighted by Gasteiger charge is 2.68. The predicted octanol–water partition coefficient (Wildman–Crippen LogP) is -1.26. The van der Waals surface area contributed by atoms with E-state index in [9.17, 15) is 20.4 Å². The van der Waals surface area contributed by atoms with Crippen molar-refractivity contribution in [2.75, 3.05) is 20.6 Å². The fourth-order valence-corrected chi connectivity index (χ4v) is 6.13. The van der Waals surface area contributed by atoms with E-state index in [0.717, 1.165) is 4.88 Å². The molecular formula is C20H32ClN3O7S. The zero-order chi connectivity index (χ0) is 23.3. The van der Waals surface area contributed by atoms with Gasteiger partial charge in [0, 0.05) is 24.4 Å². The summed E-state index contributed by atoms with van der Waals surface area (Å²) in [6.45, 7) is 2.22. The minimum absolute atomic E-state index is 0.00155. The Morgan fingerprint density at radius 2 is 1.81 bits per heavy atom. The number of likely N-dealkylation sites (N-methyl/N-ethyl adjacent to an activating group) is 2. The number of thiophene rings is 1. The third kappa shape index (κ3) is 4.12. The molecule has 0 spiro atoms. The van der Waals surface area contributed by atoms with Crippen molar-refractivity contribution in [1.29, 1.82) is 0 Å². The molecule has 10 atom stereocenters. The van der Waals surface area contributed by atoms with Crippen molar-refractivity contribution in [1.82, 2.24) is 16.0 Å². The standard InChI is InChI=1S/C20H32ClN3O7S/c1-9-6-19(27,8-24-7-10-4-5-11(21)32-10)20(28)18(29-9)30-17-15(26)12(22-2)14(25)13(23-3)16(17)31-20/h4-5,9,12-18,22-28H,6-8H2,1-3H3. The van der Waals surface area contributed by atoms with Crippen molar-refractivity contribution < 1.29 is 34.6 Å². The first-order valence-corrected chi connectivity index (χ1v) is 11.9. The van der Waals surface area contributed by atoms with Crippen LogP contribution in [0.25, 0.3) is 0 Å². The molecule has 3 aliphatic rings. The molecule has 182 valence electrons. The van der Waals surface area contributed by atoms with E-state index in [-0.39, 0.29) is 13.0 Å². The van der Waals surface area contributed by atoms with E-state index in [0.29, 0.717) is 10.9 Å². The van der Waals surface area contributed by atoms with Gasteiger partial charge in [-0.3, -0.25) is 0 Å². The van der Waals surface area contributed by atoms with E-state index in [1.54, 1.807) is 27.1 Å². The molecule has 0 bridgehead atoms. The van der Waals surface area contributed by atoms with Crippen LogP contribution in [-0.4, -0.2) is 101 Å². The lowest BCUT2D eigenvalue weighted by Crippen LogP contribution is -2.81. The van der Waals surface area contributed by atoms with Crippen molar-refractivity contribution in [3.05, 3.63) is 21.3 Å². The molecule has 10 unspecified atom stereocenters. The number of hydrogen-bond acceptors (Lipinski definition) is 11. The number of rotatable bonds is 6. The first-order valence-electron chi connectivity index (χ1n) is 10.7. The average molecular weight is 494 g/mol. The van der Waals surface area contributed by atoms with Crippen LogP contribution in [0.4, 0.5) is 0 Å². The zero-order valence-corrected chi connectivity index (χ0v) is 19.8. The summed E-state index contributed by atoms with van der Waals surface area (Å²) in [5.41, 5.74) is -1.75. The van der Waals surface area contributed by atoms with Gasteiger partial charge in [0.15, 0.2) is 0 Å². The summed E-state index contributed by atoms with van der Waals surface area (Å²) in [5.74, 6) is -2.22. The predicted molar refractivity (Wildman–Crippen MR) is 117 cm³/mol. The fraction of sp³-hybridized carbons (Fsp3) is 0.800. The van der Waals surface area contributed by atoms with E-state index in [1.807, 2.05) is 6.07 Å². The maximum Gasteiger partial charge on any atom is 0.249 e. The van der Waals surface area contributed by atoms with Crippen molar-refractivity contribution in [2.45, 2.75) is 80.2 Å². The Bertz CT molecular complexity index is 805. The Labute approximate surface area is 195 Å². The number of aliphatic hydroxyl groups excluding tert-OH is 2. The number of fused-ring (bicyclic) bond motifs is 2. The van der Waals surface area contributed by atoms with Crippen LogP contribution >= 0.6 is 22.9 Å². The van der Waals surface area contributed by atoms with Gasteiger partial charge in [-0.25, -0.2) is 0 Å². The van der Waals surface area contributed by atoms with Gasteiger partial charge < -0.3 is 50.6 Å². The highest BCUT2D eigenvalue weighted by molar-refractivity contribution is 7.16. The summed E-state index contributed by atoms with van der Waals surface area (Å²) in [4.78, 5) is 0.981. The molecule has 1 aromatic heterocycles. The lowest BCUT2D eigenvalue weighted by atomic mass is 9.77. The van der Waals surface area contributed by atoms with Crippen LogP contribution in [-0.2, 0) is 20.8 Å². The smallest absolute Gasteiger partial charge is 0.249 e. The lowest BCUT2D eigenvalue weighted by molar-refractivity contribution is -0.482. The number of ether oxygens (including phenoxy) is 3. The quantitative estimate of drug-likeness (QED) is 0.256. The van der Waals surface area contributed by atoms with Gasteiger partial charge in [-0.2, -0.15) is 0 Å². The molecule has 3 heterocycles. The van der Waals surface area contributed by atoms with Gasteiger partial charge in [0.2, 0.25) is 12.1 Å². The third-order valence-electron chi connectivity index (χ3n) is 6.69. The second-order valence-corrected chi connectivity index (χ2v) is 10.6. The summed E-state index contributed by atoms with van der Waals surface area (Å²) >= 11 is 7.41. The molecule has 12 heteroatoms.